The normalized spacial score (nSPS) is 18.2. The summed E-state index contributed by atoms with van der Waals surface area (Å²) in [6.45, 7) is 9.58. The average molecular weight is 260 g/mol. The lowest BCUT2D eigenvalue weighted by molar-refractivity contribution is 0.0968. The van der Waals surface area contributed by atoms with Crippen molar-refractivity contribution in [3.05, 3.63) is 34.9 Å². The molecule has 0 unspecified atom stereocenters. The number of nitrogens with two attached hydrogens (primary N) is 1. The van der Waals surface area contributed by atoms with Gasteiger partial charge in [-0.25, -0.2) is 0 Å². The van der Waals surface area contributed by atoms with E-state index in [0.29, 0.717) is 0 Å². The van der Waals surface area contributed by atoms with E-state index in [1.807, 2.05) is 0 Å². The first-order valence-electron chi connectivity index (χ1n) is 7.62. The summed E-state index contributed by atoms with van der Waals surface area (Å²) in [6.07, 6.45) is 5.20. The van der Waals surface area contributed by atoms with Crippen LogP contribution in [0, 0.1) is 13.8 Å². The van der Waals surface area contributed by atoms with Crippen LogP contribution in [0.4, 0.5) is 0 Å². The molecule has 2 N–H and O–H groups in total. The number of benzene rings is 1. The number of rotatable bonds is 5. The first-order valence-corrected chi connectivity index (χ1v) is 7.62. The van der Waals surface area contributed by atoms with Crippen LogP contribution in [0.2, 0.25) is 0 Å². The van der Waals surface area contributed by atoms with Crippen LogP contribution in [0.25, 0.3) is 0 Å². The summed E-state index contributed by atoms with van der Waals surface area (Å²) >= 11 is 0. The summed E-state index contributed by atoms with van der Waals surface area (Å²) in [6, 6.07) is 6.77. The van der Waals surface area contributed by atoms with E-state index >= 15 is 0 Å². The lowest BCUT2D eigenvalue weighted by Gasteiger charge is -2.40. The lowest BCUT2D eigenvalue weighted by Crippen LogP contribution is -2.51. The van der Waals surface area contributed by atoms with Gasteiger partial charge in [0.1, 0.15) is 0 Å². The molecule has 19 heavy (non-hydrogen) atoms. The van der Waals surface area contributed by atoms with E-state index in [-0.39, 0.29) is 5.54 Å². The third kappa shape index (κ3) is 3.01. The Balaban J connectivity index is 2.21. The first kappa shape index (κ1) is 14.5. The molecule has 2 heteroatoms. The van der Waals surface area contributed by atoms with Crippen molar-refractivity contribution in [2.75, 3.05) is 13.1 Å². The fourth-order valence-electron chi connectivity index (χ4n) is 3.47. The summed E-state index contributed by atoms with van der Waals surface area (Å²) in [5.74, 6) is 0. The smallest absolute Gasteiger partial charge is 0.0335 e. The average Bonchev–Trinajstić information content (AvgIpc) is 2.89. The Morgan fingerprint density at radius 2 is 1.89 bits per heavy atom. The van der Waals surface area contributed by atoms with Crippen LogP contribution in [0.5, 0.6) is 0 Å². The zero-order chi connectivity index (χ0) is 13.9. The van der Waals surface area contributed by atoms with Gasteiger partial charge in [-0.1, -0.05) is 43.5 Å². The molecule has 0 heterocycles. The number of aryl methyl sites for hydroxylation is 2. The van der Waals surface area contributed by atoms with Crippen LogP contribution in [-0.2, 0) is 6.54 Å². The minimum Gasteiger partial charge on any atom is -0.329 e. The van der Waals surface area contributed by atoms with E-state index in [9.17, 15) is 0 Å². The second-order valence-corrected chi connectivity index (χ2v) is 6.08. The predicted molar refractivity (Wildman–Crippen MR) is 82.3 cm³/mol. The molecule has 106 valence electrons. The van der Waals surface area contributed by atoms with Gasteiger partial charge >= 0.3 is 0 Å². The molecule has 1 aliphatic carbocycles. The number of nitrogens with zero attached hydrogens (tertiary/aromatic N) is 1. The molecule has 1 aromatic carbocycles. The van der Waals surface area contributed by atoms with Crippen LogP contribution >= 0.6 is 0 Å². The summed E-state index contributed by atoms with van der Waals surface area (Å²) in [7, 11) is 0. The van der Waals surface area contributed by atoms with Crippen LogP contribution in [-0.4, -0.2) is 23.5 Å². The molecule has 1 aliphatic rings. The van der Waals surface area contributed by atoms with Crippen molar-refractivity contribution >= 4 is 0 Å². The lowest BCUT2D eigenvalue weighted by atomic mass is 9.93. The molecule has 0 spiro atoms. The molecule has 0 radical (unpaired) electrons. The number of likely N-dealkylation sites (N-methyl/N-ethyl adjacent to an activating group) is 1. The molecule has 2 rings (SSSR count). The summed E-state index contributed by atoms with van der Waals surface area (Å²) < 4.78 is 0. The highest BCUT2D eigenvalue weighted by molar-refractivity contribution is 5.30. The van der Waals surface area contributed by atoms with Crippen molar-refractivity contribution in [3.63, 3.8) is 0 Å². The molecule has 0 saturated heterocycles. The highest BCUT2D eigenvalue weighted by Gasteiger charge is 2.37. The Labute approximate surface area is 118 Å². The Morgan fingerprint density at radius 1 is 1.21 bits per heavy atom. The van der Waals surface area contributed by atoms with Gasteiger partial charge in [-0.15, -0.1) is 0 Å². The summed E-state index contributed by atoms with van der Waals surface area (Å²) in [4.78, 5) is 2.61. The molecule has 0 atom stereocenters. The molecule has 1 fully saturated rings. The van der Waals surface area contributed by atoms with Crippen LogP contribution in [0.15, 0.2) is 18.2 Å². The topological polar surface area (TPSA) is 29.3 Å². The Hall–Kier alpha value is -0.860. The molecule has 1 aromatic rings. The quantitative estimate of drug-likeness (QED) is 0.879. The van der Waals surface area contributed by atoms with Crippen molar-refractivity contribution in [1.29, 1.82) is 0 Å². The van der Waals surface area contributed by atoms with Gasteiger partial charge in [0.05, 0.1) is 0 Å². The maximum absolute atomic E-state index is 6.13. The van der Waals surface area contributed by atoms with Gasteiger partial charge in [0.25, 0.3) is 0 Å². The van der Waals surface area contributed by atoms with Crippen molar-refractivity contribution in [1.82, 2.24) is 4.90 Å². The minimum atomic E-state index is 0.255. The number of hydrogen-bond acceptors (Lipinski definition) is 2. The van der Waals surface area contributed by atoms with E-state index in [1.165, 1.54) is 42.4 Å². The largest absolute Gasteiger partial charge is 0.329 e. The van der Waals surface area contributed by atoms with Gasteiger partial charge in [0.2, 0.25) is 0 Å². The van der Waals surface area contributed by atoms with Crippen molar-refractivity contribution in [2.45, 2.75) is 58.5 Å². The standard InChI is InChI=1S/C17H28N2/c1-4-19(17(13-18)9-5-6-10-17)12-16-11-14(2)7-8-15(16)3/h7-8,11H,4-6,9-10,12-13,18H2,1-3H3. The Bertz CT molecular complexity index is 419. The van der Waals surface area contributed by atoms with Crippen LogP contribution in [0.3, 0.4) is 0 Å². The zero-order valence-electron chi connectivity index (χ0n) is 12.7. The SMILES string of the molecule is CCN(Cc1cc(C)ccc1C)C1(CN)CCCC1. The molecule has 1 saturated carbocycles. The number of hydrogen-bond donors (Lipinski definition) is 1. The van der Waals surface area contributed by atoms with Gasteiger partial charge in [-0.05, 0) is 44.4 Å². The molecular formula is C17H28N2. The predicted octanol–water partition coefficient (Wildman–Crippen LogP) is 3.40. The van der Waals surface area contributed by atoms with Gasteiger partial charge < -0.3 is 5.73 Å². The van der Waals surface area contributed by atoms with Gasteiger partial charge in [-0.3, -0.25) is 4.90 Å². The van der Waals surface area contributed by atoms with Crippen LogP contribution < -0.4 is 5.73 Å². The van der Waals surface area contributed by atoms with Gasteiger partial charge in [-0.2, -0.15) is 0 Å². The fourth-order valence-corrected chi connectivity index (χ4v) is 3.47. The maximum atomic E-state index is 6.13. The summed E-state index contributed by atoms with van der Waals surface area (Å²) in [5, 5.41) is 0. The monoisotopic (exact) mass is 260 g/mol. The molecule has 0 aromatic heterocycles. The van der Waals surface area contributed by atoms with Gasteiger partial charge in [0.15, 0.2) is 0 Å². The molecule has 0 aliphatic heterocycles. The van der Waals surface area contributed by atoms with E-state index in [0.717, 1.165) is 19.6 Å². The minimum absolute atomic E-state index is 0.255. The molecule has 0 bridgehead atoms. The third-order valence-corrected chi connectivity index (χ3v) is 4.83. The first-order chi connectivity index (χ1) is 9.11. The zero-order valence-corrected chi connectivity index (χ0v) is 12.7. The van der Waals surface area contributed by atoms with Gasteiger partial charge in [0, 0.05) is 18.6 Å². The van der Waals surface area contributed by atoms with E-state index in [4.69, 9.17) is 5.73 Å². The fraction of sp³-hybridized carbons (Fsp3) is 0.647. The maximum Gasteiger partial charge on any atom is 0.0335 e. The highest BCUT2D eigenvalue weighted by Crippen LogP contribution is 2.35. The van der Waals surface area contributed by atoms with E-state index in [1.54, 1.807) is 0 Å². The van der Waals surface area contributed by atoms with E-state index < -0.39 is 0 Å². The van der Waals surface area contributed by atoms with Crippen molar-refractivity contribution in [2.24, 2.45) is 5.73 Å². The molecule has 0 amide bonds. The Kier molecular flexibility index (Phi) is 4.64. The second-order valence-electron chi connectivity index (χ2n) is 6.08. The van der Waals surface area contributed by atoms with Crippen molar-refractivity contribution < 1.29 is 0 Å². The highest BCUT2D eigenvalue weighted by atomic mass is 15.2. The molecule has 2 nitrogen and oxygen atoms in total. The summed E-state index contributed by atoms with van der Waals surface area (Å²) in [5.41, 5.74) is 10.6. The van der Waals surface area contributed by atoms with Crippen LogP contribution in [0.1, 0.15) is 49.3 Å². The van der Waals surface area contributed by atoms with E-state index in [2.05, 4.69) is 43.9 Å². The second kappa shape index (κ2) is 6.06. The Morgan fingerprint density at radius 3 is 2.47 bits per heavy atom. The van der Waals surface area contributed by atoms with Crippen molar-refractivity contribution in [3.8, 4) is 0 Å². The molecular weight excluding hydrogens is 232 g/mol. The third-order valence-electron chi connectivity index (χ3n) is 4.83.